The molecule has 4 heterocycles. The van der Waals surface area contributed by atoms with Gasteiger partial charge in [0.25, 0.3) is 0 Å². The molecular formula is C36H36N2O5. The number of phenolic OH excluding ortho intramolecular Hbond substituents is 1. The number of ether oxygens (including phenoxy) is 4. The summed E-state index contributed by atoms with van der Waals surface area (Å²) in [6.45, 7) is 1.87. The lowest BCUT2D eigenvalue weighted by atomic mass is 9.85. The largest absolute Gasteiger partial charge is 0.507 e. The fraction of sp³-hybridized carbons (Fsp3) is 0.333. The molecule has 7 bridgehead atoms. The minimum Gasteiger partial charge on any atom is -0.507 e. The number of hydrogen-bond acceptors (Lipinski definition) is 7. The summed E-state index contributed by atoms with van der Waals surface area (Å²) in [5.74, 6) is 4.58. The second-order valence-electron chi connectivity index (χ2n) is 12.3. The summed E-state index contributed by atoms with van der Waals surface area (Å²) in [5, 5.41) is 11.1. The number of likely N-dealkylation sites (N-methyl/N-ethyl adjacent to an activating group) is 2. The number of benzene rings is 4. The summed E-state index contributed by atoms with van der Waals surface area (Å²) in [6.07, 6.45) is 3.39. The smallest absolute Gasteiger partial charge is 0.212 e. The van der Waals surface area contributed by atoms with Crippen LogP contribution in [0.3, 0.4) is 0 Å². The van der Waals surface area contributed by atoms with Crippen LogP contribution in [0, 0.1) is 0 Å². The molecule has 0 aromatic heterocycles. The predicted octanol–water partition coefficient (Wildman–Crippen LogP) is 6.83. The zero-order valence-electron chi connectivity index (χ0n) is 25.1. The van der Waals surface area contributed by atoms with Crippen molar-refractivity contribution in [2.75, 3.05) is 41.4 Å². The zero-order chi connectivity index (χ0) is 29.4. The number of methoxy groups -OCH3 is 2. The molecule has 0 amide bonds. The molecule has 2 atom stereocenters. The van der Waals surface area contributed by atoms with Gasteiger partial charge in [-0.2, -0.15) is 0 Å². The van der Waals surface area contributed by atoms with Gasteiger partial charge in [-0.05, 0) is 110 Å². The molecule has 0 fully saturated rings. The third-order valence-corrected chi connectivity index (χ3v) is 9.87. The van der Waals surface area contributed by atoms with E-state index in [9.17, 15) is 5.11 Å². The van der Waals surface area contributed by atoms with Crippen molar-refractivity contribution < 1.29 is 24.1 Å². The average Bonchev–Trinajstić information content (AvgIpc) is 3.02. The van der Waals surface area contributed by atoms with E-state index in [2.05, 4.69) is 60.3 Å². The Kier molecular flexibility index (Phi) is 6.10. The van der Waals surface area contributed by atoms with Crippen LogP contribution >= 0.6 is 0 Å². The quantitative estimate of drug-likeness (QED) is 0.247. The summed E-state index contributed by atoms with van der Waals surface area (Å²) >= 11 is 0. The molecule has 0 saturated carbocycles. The van der Waals surface area contributed by atoms with Crippen molar-refractivity contribution in [1.82, 2.24) is 9.80 Å². The standard InChI is InChI=1S/C36H36N2O5/c1-37-11-9-22-17-31-32-19-24(22)27(37)15-20-5-7-29(39)25(13-20)26-14-21(6-8-30(26)40-3)16-28-34-23(10-12-38(28)2)18-33(41-4)35(42-31)36(34)43-32/h5-8,13-14,17-19,27-28,39H,9-12,15-16H2,1-4H3/t27-,28-/m0/s1. The van der Waals surface area contributed by atoms with Crippen LogP contribution in [0.4, 0.5) is 0 Å². The number of phenols is 1. The first kappa shape index (κ1) is 26.4. The minimum atomic E-state index is 0.0548. The number of aromatic hydroxyl groups is 1. The maximum atomic E-state index is 11.1. The average molecular weight is 577 g/mol. The predicted molar refractivity (Wildman–Crippen MR) is 165 cm³/mol. The highest BCUT2D eigenvalue weighted by atomic mass is 16.6. The minimum absolute atomic E-state index is 0.0548. The van der Waals surface area contributed by atoms with Crippen LogP contribution in [-0.2, 0) is 25.7 Å². The van der Waals surface area contributed by atoms with E-state index in [1.807, 2.05) is 18.2 Å². The molecule has 7 nitrogen and oxygen atoms in total. The number of hydrogen-bond donors (Lipinski definition) is 1. The van der Waals surface area contributed by atoms with Gasteiger partial charge < -0.3 is 24.1 Å². The number of nitrogens with zero attached hydrogens (tertiary/aromatic N) is 2. The van der Waals surface area contributed by atoms with Crippen molar-refractivity contribution >= 4 is 0 Å². The topological polar surface area (TPSA) is 63.6 Å². The summed E-state index contributed by atoms with van der Waals surface area (Å²) in [6, 6.07) is 19.0. The van der Waals surface area contributed by atoms with Crippen molar-refractivity contribution in [2.45, 2.75) is 37.8 Å². The Morgan fingerprint density at radius 1 is 0.698 bits per heavy atom. The normalized spacial score (nSPS) is 20.3. The lowest BCUT2D eigenvalue weighted by Gasteiger charge is -2.39. The molecule has 7 heteroatoms. The first-order valence-corrected chi connectivity index (χ1v) is 15.1. The van der Waals surface area contributed by atoms with E-state index in [1.54, 1.807) is 14.2 Å². The Morgan fingerprint density at radius 3 is 2.14 bits per heavy atom. The molecule has 4 aromatic rings. The van der Waals surface area contributed by atoms with E-state index in [1.165, 1.54) is 16.7 Å². The number of fused-ring (bicyclic) bond motifs is 5. The van der Waals surface area contributed by atoms with Crippen LogP contribution in [0.1, 0.15) is 45.5 Å². The van der Waals surface area contributed by atoms with Crippen molar-refractivity contribution in [1.29, 1.82) is 0 Å². The molecule has 8 rings (SSSR count). The van der Waals surface area contributed by atoms with E-state index in [4.69, 9.17) is 18.9 Å². The molecule has 0 spiro atoms. The van der Waals surface area contributed by atoms with Gasteiger partial charge in [-0.15, -0.1) is 0 Å². The molecule has 0 radical (unpaired) electrons. The van der Waals surface area contributed by atoms with Crippen LogP contribution in [-0.4, -0.2) is 56.3 Å². The van der Waals surface area contributed by atoms with Gasteiger partial charge in [-0.3, -0.25) is 9.80 Å². The first-order valence-electron chi connectivity index (χ1n) is 15.1. The Labute approximate surface area is 252 Å². The molecule has 0 unspecified atom stereocenters. The maximum Gasteiger partial charge on any atom is 0.212 e. The van der Waals surface area contributed by atoms with Gasteiger partial charge in [-0.25, -0.2) is 0 Å². The van der Waals surface area contributed by atoms with Gasteiger partial charge in [0.05, 0.1) is 14.2 Å². The van der Waals surface area contributed by atoms with Crippen molar-refractivity contribution in [2.24, 2.45) is 0 Å². The zero-order valence-corrected chi connectivity index (χ0v) is 25.1. The highest BCUT2D eigenvalue weighted by Gasteiger charge is 2.37. The van der Waals surface area contributed by atoms with E-state index in [-0.39, 0.29) is 17.8 Å². The first-order chi connectivity index (χ1) is 20.9. The second kappa shape index (κ2) is 9.93. The van der Waals surface area contributed by atoms with Crippen LogP contribution < -0.4 is 18.9 Å². The summed E-state index contributed by atoms with van der Waals surface area (Å²) in [7, 11) is 7.75. The third-order valence-electron chi connectivity index (χ3n) is 9.87. The Hall–Kier alpha value is -4.20. The fourth-order valence-corrected chi connectivity index (χ4v) is 7.48. The molecule has 4 aromatic carbocycles. The lowest BCUT2D eigenvalue weighted by Crippen LogP contribution is -2.34. The van der Waals surface area contributed by atoms with Crippen LogP contribution in [0.2, 0.25) is 0 Å². The van der Waals surface area contributed by atoms with Gasteiger partial charge in [0.2, 0.25) is 5.75 Å². The van der Waals surface area contributed by atoms with Gasteiger partial charge in [0, 0.05) is 41.9 Å². The van der Waals surface area contributed by atoms with E-state index < -0.39 is 0 Å². The molecular weight excluding hydrogens is 540 g/mol. The molecule has 1 N–H and O–H groups in total. The molecule has 4 aliphatic heterocycles. The summed E-state index contributed by atoms with van der Waals surface area (Å²) < 4.78 is 25.3. The van der Waals surface area contributed by atoms with Crippen molar-refractivity contribution in [3.8, 4) is 51.4 Å². The van der Waals surface area contributed by atoms with E-state index in [0.29, 0.717) is 11.5 Å². The van der Waals surface area contributed by atoms with Crippen molar-refractivity contribution in [3.05, 3.63) is 88.0 Å². The summed E-state index contributed by atoms with van der Waals surface area (Å²) in [5.41, 5.74) is 8.90. The summed E-state index contributed by atoms with van der Waals surface area (Å²) in [4.78, 5) is 4.82. The molecule has 0 aliphatic carbocycles. The SMILES string of the molecule is COc1ccc2cc1-c1cc(ccc1O)C[C@H]1c3cc4c(cc3CCN1C)Oc1c(OC)cc3c(c1O4)[C@H](C2)N(C)CC3. The fourth-order valence-electron chi connectivity index (χ4n) is 7.48. The second-order valence-corrected chi connectivity index (χ2v) is 12.3. The monoisotopic (exact) mass is 576 g/mol. The van der Waals surface area contributed by atoms with Crippen LogP contribution in [0.25, 0.3) is 11.1 Å². The molecule has 0 saturated heterocycles. The van der Waals surface area contributed by atoms with E-state index in [0.717, 1.165) is 89.6 Å². The van der Waals surface area contributed by atoms with Gasteiger partial charge in [-0.1, -0.05) is 12.1 Å². The molecule has 220 valence electrons. The highest BCUT2D eigenvalue weighted by Crippen LogP contribution is 2.56. The van der Waals surface area contributed by atoms with Gasteiger partial charge >= 0.3 is 0 Å². The maximum absolute atomic E-state index is 11.1. The lowest BCUT2D eigenvalue weighted by molar-refractivity contribution is 0.218. The number of rotatable bonds is 2. The molecule has 4 aliphatic rings. The van der Waals surface area contributed by atoms with Gasteiger partial charge in [0.15, 0.2) is 23.0 Å². The van der Waals surface area contributed by atoms with Crippen molar-refractivity contribution in [3.63, 3.8) is 0 Å². The Morgan fingerprint density at radius 2 is 1.35 bits per heavy atom. The van der Waals surface area contributed by atoms with E-state index >= 15 is 0 Å². The van der Waals surface area contributed by atoms with Crippen LogP contribution in [0.5, 0.6) is 40.2 Å². The highest BCUT2D eigenvalue weighted by molar-refractivity contribution is 5.77. The third kappa shape index (κ3) is 4.17. The Bertz CT molecular complexity index is 1780. The van der Waals surface area contributed by atoms with Gasteiger partial charge in [0.1, 0.15) is 11.5 Å². The van der Waals surface area contributed by atoms with Crippen LogP contribution in [0.15, 0.2) is 54.6 Å². The Balaban J connectivity index is 1.40. The molecule has 43 heavy (non-hydrogen) atoms.